The molecule has 2 aromatic carbocycles. The lowest BCUT2D eigenvalue weighted by molar-refractivity contribution is 0.244. The van der Waals surface area contributed by atoms with Gasteiger partial charge in [0, 0.05) is 22.5 Å². The number of para-hydroxylation sites is 2. The van der Waals surface area contributed by atoms with Crippen LogP contribution in [0.15, 0.2) is 54.6 Å². The molecule has 6 heteroatoms. The summed E-state index contributed by atoms with van der Waals surface area (Å²) in [5, 5.41) is 7.16. The third kappa shape index (κ3) is 4.86. The van der Waals surface area contributed by atoms with E-state index in [0.29, 0.717) is 16.8 Å². The predicted octanol–water partition coefficient (Wildman–Crippen LogP) is 5.71. The molecular weight excluding hydrogens is 348 g/mol. The summed E-state index contributed by atoms with van der Waals surface area (Å²) in [5.74, 6) is 1.94. The van der Waals surface area contributed by atoms with Gasteiger partial charge in [0.25, 0.3) is 0 Å². The van der Waals surface area contributed by atoms with Crippen molar-refractivity contribution in [2.24, 2.45) is 0 Å². The Kier molecular flexibility index (Phi) is 5.58. The number of benzene rings is 2. The molecule has 0 spiro atoms. The van der Waals surface area contributed by atoms with Gasteiger partial charge < -0.3 is 15.4 Å². The summed E-state index contributed by atoms with van der Waals surface area (Å²) in [4.78, 5) is 9.01. The molecule has 5 nitrogen and oxygen atoms in total. The fraction of sp³-hybridized carbons (Fsp3) is 0.200. The summed E-state index contributed by atoms with van der Waals surface area (Å²) in [6, 6.07) is 17.1. The van der Waals surface area contributed by atoms with Crippen LogP contribution < -0.4 is 15.4 Å². The topological polar surface area (TPSA) is 59.1 Å². The molecule has 0 unspecified atom stereocenters. The van der Waals surface area contributed by atoms with Gasteiger partial charge in [-0.2, -0.15) is 4.98 Å². The molecule has 3 rings (SSSR count). The normalized spacial score (nSPS) is 10.7. The average Bonchev–Trinajstić information content (AvgIpc) is 2.56. The zero-order valence-electron chi connectivity index (χ0n) is 15.0. The van der Waals surface area contributed by atoms with Crippen molar-refractivity contribution in [1.29, 1.82) is 0 Å². The summed E-state index contributed by atoms with van der Waals surface area (Å²) in [6.45, 7) is 5.91. The second kappa shape index (κ2) is 8.06. The summed E-state index contributed by atoms with van der Waals surface area (Å²) >= 11 is 6.04. The summed E-state index contributed by atoms with van der Waals surface area (Å²) < 4.78 is 5.84. The molecule has 0 saturated carbocycles. The van der Waals surface area contributed by atoms with E-state index in [0.717, 1.165) is 22.8 Å². The Bertz CT molecular complexity index is 898. The highest BCUT2D eigenvalue weighted by Gasteiger charge is 2.08. The monoisotopic (exact) mass is 368 g/mol. The number of aromatic nitrogens is 2. The first-order valence-corrected chi connectivity index (χ1v) is 8.78. The lowest BCUT2D eigenvalue weighted by Gasteiger charge is -2.15. The van der Waals surface area contributed by atoms with Gasteiger partial charge in [-0.1, -0.05) is 29.8 Å². The van der Waals surface area contributed by atoms with Crippen LogP contribution >= 0.6 is 11.6 Å². The van der Waals surface area contributed by atoms with Crippen molar-refractivity contribution in [1.82, 2.24) is 9.97 Å². The molecule has 3 aromatic rings. The Morgan fingerprint density at radius 1 is 0.962 bits per heavy atom. The summed E-state index contributed by atoms with van der Waals surface area (Å²) in [5.41, 5.74) is 2.53. The molecule has 26 heavy (non-hydrogen) atoms. The molecule has 1 aromatic heterocycles. The van der Waals surface area contributed by atoms with Crippen LogP contribution in [0, 0.1) is 6.92 Å². The van der Waals surface area contributed by atoms with E-state index < -0.39 is 0 Å². The molecule has 0 atom stereocenters. The Labute approximate surface area is 158 Å². The van der Waals surface area contributed by atoms with E-state index in [1.807, 2.05) is 75.4 Å². The Hall–Kier alpha value is -2.79. The van der Waals surface area contributed by atoms with Crippen molar-refractivity contribution in [3.63, 3.8) is 0 Å². The standard InChI is InChI=1S/C20H21ClN4O/c1-13(2)26-18-10-5-4-9-17(18)24-20-22-14(3)11-19(25-20)23-16-8-6-7-15(21)12-16/h4-13H,1-3H3,(H2,22,23,24,25). The third-order valence-corrected chi connectivity index (χ3v) is 3.68. The number of ether oxygens (including phenoxy) is 1. The number of rotatable bonds is 6. The summed E-state index contributed by atoms with van der Waals surface area (Å²) in [7, 11) is 0. The van der Waals surface area contributed by atoms with Gasteiger partial charge in [0.05, 0.1) is 11.8 Å². The van der Waals surface area contributed by atoms with E-state index in [2.05, 4.69) is 20.6 Å². The van der Waals surface area contributed by atoms with Crippen LogP contribution in [0.5, 0.6) is 5.75 Å². The number of nitrogens with one attached hydrogen (secondary N) is 2. The Balaban J connectivity index is 1.84. The van der Waals surface area contributed by atoms with Crippen LogP contribution in [-0.4, -0.2) is 16.1 Å². The average molecular weight is 369 g/mol. The van der Waals surface area contributed by atoms with Gasteiger partial charge in [0.15, 0.2) is 0 Å². The van der Waals surface area contributed by atoms with Gasteiger partial charge in [-0.3, -0.25) is 0 Å². The first-order valence-electron chi connectivity index (χ1n) is 8.40. The van der Waals surface area contributed by atoms with Gasteiger partial charge >= 0.3 is 0 Å². The quantitative estimate of drug-likeness (QED) is 0.583. The highest BCUT2D eigenvalue weighted by atomic mass is 35.5. The van der Waals surface area contributed by atoms with Crippen molar-refractivity contribution >= 4 is 34.7 Å². The van der Waals surface area contributed by atoms with Crippen molar-refractivity contribution in [3.05, 3.63) is 65.3 Å². The van der Waals surface area contributed by atoms with Crippen molar-refractivity contribution < 1.29 is 4.74 Å². The molecular formula is C20H21ClN4O. The van der Waals surface area contributed by atoms with Crippen LogP contribution in [-0.2, 0) is 0 Å². The molecule has 0 amide bonds. The third-order valence-electron chi connectivity index (χ3n) is 3.45. The molecule has 134 valence electrons. The molecule has 0 aliphatic rings. The molecule has 0 aliphatic heterocycles. The van der Waals surface area contributed by atoms with Crippen LogP contribution in [0.3, 0.4) is 0 Å². The van der Waals surface area contributed by atoms with E-state index in [1.54, 1.807) is 0 Å². The van der Waals surface area contributed by atoms with Crippen molar-refractivity contribution in [3.8, 4) is 5.75 Å². The zero-order chi connectivity index (χ0) is 18.5. The van der Waals surface area contributed by atoms with E-state index in [-0.39, 0.29) is 6.10 Å². The van der Waals surface area contributed by atoms with Gasteiger partial charge in [0.1, 0.15) is 11.6 Å². The fourth-order valence-electron chi connectivity index (χ4n) is 2.45. The Morgan fingerprint density at radius 3 is 2.54 bits per heavy atom. The first kappa shape index (κ1) is 18.0. The second-order valence-corrected chi connectivity index (χ2v) is 6.58. The van der Waals surface area contributed by atoms with Crippen molar-refractivity contribution in [2.75, 3.05) is 10.6 Å². The maximum Gasteiger partial charge on any atom is 0.229 e. The number of hydrogen-bond donors (Lipinski definition) is 2. The van der Waals surface area contributed by atoms with Crippen LogP contribution in [0.2, 0.25) is 5.02 Å². The number of anilines is 4. The maximum atomic E-state index is 6.04. The van der Waals surface area contributed by atoms with Gasteiger partial charge in [0.2, 0.25) is 5.95 Å². The van der Waals surface area contributed by atoms with Gasteiger partial charge in [-0.25, -0.2) is 4.98 Å². The van der Waals surface area contributed by atoms with Crippen LogP contribution in [0.4, 0.5) is 23.1 Å². The Morgan fingerprint density at radius 2 is 1.77 bits per heavy atom. The highest BCUT2D eigenvalue weighted by Crippen LogP contribution is 2.28. The smallest absolute Gasteiger partial charge is 0.229 e. The van der Waals surface area contributed by atoms with Crippen molar-refractivity contribution in [2.45, 2.75) is 26.9 Å². The zero-order valence-corrected chi connectivity index (χ0v) is 15.7. The predicted molar refractivity (Wildman–Crippen MR) is 107 cm³/mol. The minimum atomic E-state index is 0.0800. The molecule has 0 bridgehead atoms. The van der Waals surface area contributed by atoms with Gasteiger partial charge in [-0.15, -0.1) is 0 Å². The van der Waals surface area contributed by atoms with E-state index >= 15 is 0 Å². The number of halogens is 1. The number of nitrogens with zero attached hydrogens (tertiary/aromatic N) is 2. The SMILES string of the molecule is Cc1cc(Nc2cccc(Cl)c2)nc(Nc2ccccc2OC(C)C)n1. The maximum absolute atomic E-state index is 6.04. The highest BCUT2D eigenvalue weighted by molar-refractivity contribution is 6.30. The molecule has 1 heterocycles. The largest absolute Gasteiger partial charge is 0.489 e. The van der Waals surface area contributed by atoms with Crippen LogP contribution in [0.1, 0.15) is 19.5 Å². The lowest BCUT2D eigenvalue weighted by Crippen LogP contribution is -2.08. The first-order chi connectivity index (χ1) is 12.5. The fourth-order valence-corrected chi connectivity index (χ4v) is 2.64. The molecule has 0 aliphatic carbocycles. The van der Waals surface area contributed by atoms with Gasteiger partial charge in [-0.05, 0) is 51.1 Å². The number of aryl methyl sites for hydroxylation is 1. The molecule has 2 N–H and O–H groups in total. The van der Waals surface area contributed by atoms with E-state index in [9.17, 15) is 0 Å². The second-order valence-electron chi connectivity index (χ2n) is 6.14. The lowest BCUT2D eigenvalue weighted by atomic mass is 10.3. The molecule has 0 saturated heterocycles. The minimum absolute atomic E-state index is 0.0800. The molecule has 0 fully saturated rings. The van der Waals surface area contributed by atoms with Crippen LogP contribution in [0.25, 0.3) is 0 Å². The van der Waals surface area contributed by atoms with E-state index in [1.165, 1.54) is 0 Å². The molecule has 0 radical (unpaired) electrons. The van der Waals surface area contributed by atoms with E-state index in [4.69, 9.17) is 16.3 Å². The number of hydrogen-bond acceptors (Lipinski definition) is 5. The summed E-state index contributed by atoms with van der Waals surface area (Å²) in [6.07, 6.45) is 0.0800. The minimum Gasteiger partial charge on any atom is -0.489 e.